The lowest BCUT2D eigenvalue weighted by Gasteiger charge is -2.17. The molecule has 0 rings (SSSR count). The maximum absolute atomic E-state index is 11.8. The molecule has 0 saturated carbocycles. The van der Waals surface area contributed by atoms with Gasteiger partial charge in [-0.15, -0.1) is 0 Å². The van der Waals surface area contributed by atoms with E-state index in [9.17, 15) is 13.2 Å². The molecule has 3 N–H and O–H groups in total. The average Bonchev–Trinajstić information content (AvgIpc) is 1.97. The Morgan fingerprint density at radius 2 is 1.92 bits per heavy atom. The molecule has 0 aliphatic heterocycles. The Morgan fingerprint density at radius 1 is 1.38 bits per heavy atom. The average molecular weight is 198 g/mol. The van der Waals surface area contributed by atoms with E-state index in [1.165, 1.54) is 6.92 Å². The third-order valence-electron chi connectivity index (χ3n) is 1.79. The summed E-state index contributed by atoms with van der Waals surface area (Å²) in [6.45, 7) is 3.85. The van der Waals surface area contributed by atoms with E-state index >= 15 is 0 Å². The van der Waals surface area contributed by atoms with Gasteiger partial charge in [-0.25, -0.2) is 0 Å². The molecular weight excluding hydrogens is 181 g/mol. The molecule has 0 aromatic heterocycles. The maximum atomic E-state index is 11.8. The molecule has 2 unspecified atom stereocenters. The number of halogens is 3. The minimum atomic E-state index is -4.09. The number of nitrogens with one attached hydrogen (secondary N) is 1. The SMILES string of the molecule is CCC(N)CNC(C)CC(F)(F)F. The van der Waals surface area contributed by atoms with E-state index in [0.29, 0.717) is 6.54 Å². The fraction of sp³-hybridized carbons (Fsp3) is 1.00. The third-order valence-corrected chi connectivity index (χ3v) is 1.79. The molecule has 0 aliphatic carbocycles. The van der Waals surface area contributed by atoms with Gasteiger partial charge in [-0.1, -0.05) is 6.92 Å². The second kappa shape index (κ2) is 5.44. The predicted octanol–water partition coefficient (Wildman–Crippen LogP) is 1.65. The Bertz CT molecular complexity index is 136. The van der Waals surface area contributed by atoms with Crippen LogP contribution in [-0.2, 0) is 0 Å². The van der Waals surface area contributed by atoms with Crippen LogP contribution in [0.3, 0.4) is 0 Å². The summed E-state index contributed by atoms with van der Waals surface area (Å²) in [7, 11) is 0. The van der Waals surface area contributed by atoms with Gasteiger partial charge in [0.1, 0.15) is 0 Å². The van der Waals surface area contributed by atoms with E-state index in [1.807, 2.05) is 6.92 Å². The molecule has 0 spiro atoms. The van der Waals surface area contributed by atoms with Crippen LogP contribution < -0.4 is 11.1 Å². The minimum Gasteiger partial charge on any atom is -0.327 e. The number of alkyl halides is 3. The van der Waals surface area contributed by atoms with Gasteiger partial charge in [0.15, 0.2) is 0 Å². The summed E-state index contributed by atoms with van der Waals surface area (Å²) in [5, 5.41) is 2.74. The first-order valence-corrected chi connectivity index (χ1v) is 4.41. The topological polar surface area (TPSA) is 38.0 Å². The van der Waals surface area contributed by atoms with Crippen molar-refractivity contribution >= 4 is 0 Å². The van der Waals surface area contributed by atoms with Gasteiger partial charge < -0.3 is 11.1 Å². The first-order chi connectivity index (χ1) is 5.85. The molecule has 0 radical (unpaired) electrons. The first kappa shape index (κ1) is 12.7. The summed E-state index contributed by atoms with van der Waals surface area (Å²) in [5.74, 6) is 0. The molecule has 0 aromatic rings. The van der Waals surface area contributed by atoms with Crippen LogP contribution in [0.1, 0.15) is 26.7 Å². The van der Waals surface area contributed by atoms with Crippen molar-refractivity contribution in [2.24, 2.45) is 5.73 Å². The number of hydrogen-bond acceptors (Lipinski definition) is 2. The van der Waals surface area contributed by atoms with Crippen LogP contribution in [0.25, 0.3) is 0 Å². The highest BCUT2D eigenvalue weighted by atomic mass is 19.4. The second-order valence-corrected chi connectivity index (χ2v) is 3.30. The summed E-state index contributed by atoms with van der Waals surface area (Å²) in [6, 6.07) is -0.617. The lowest BCUT2D eigenvalue weighted by molar-refractivity contribution is -0.139. The Morgan fingerprint density at radius 3 is 2.31 bits per heavy atom. The van der Waals surface area contributed by atoms with Gasteiger partial charge in [0.25, 0.3) is 0 Å². The molecule has 5 heteroatoms. The third kappa shape index (κ3) is 8.05. The molecule has 2 atom stereocenters. The molecule has 0 aromatic carbocycles. The van der Waals surface area contributed by atoms with Crippen LogP contribution >= 0.6 is 0 Å². The second-order valence-electron chi connectivity index (χ2n) is 3.30. The molecule has 0 aliphatic rings. The van der Waals surface area contributed by atoms with Gasteiger partial charge in [-0.05, 0) is 13.3 Å². The van der Waals surface area contributed by atoms with Crippen molar-refractivity contribution in [3.8, 4) is 0 Å². The van der Waals surface area contributed by atoms with Gasteiger partial charge in [-0.3, -0.25) is 0 Å². The molecule has 0 heterocycles. The normalized spacial score (nSPS) is 17.1. The van der Waals surface area contributed by atoms with Crippen LogP contribution in [0.4, 0.5) is 13.2 Å². The molecular formula is C8H17F3N2. The highest BCUT2D eigenvalue weighted by Crippen LogP contribution is 2.21. The zero-order chi connectivity index (χ0) is 10.5. The van der Waals surface area contributed by atoms with Gasteiger partial charge in [-0.2, -0.15) is 13.2 Å². The Labute approximate surface area is 76.7 Å². The van der Waals surface area contributed by atoms with Gasteiger partial charge >= 0.3 is 6.18 Å². The maximum Gasteiger partial charge on any atom is 0.390 e. The number of nitrogens with two attached hydrogens (primary N) is 1. The first-order valence-electron chi connectivity index (χ1n) is 4.41. The van der Waals surface area contributed by atoms with Crippen molar-refractivity contribution in [1.82, 2.24) is 5.32 Å². The Balaban J connectivity index is 3.57. The molecule has 13 heavy (non-hydrogen) atoms. The van der Waals surface area contributed by atoms with Crippen LogP contribution in [0, 0.1) is 0 Å². The van der Waals surface area contributed by atoms with Crippen LogP contribution in [0.2, 0.25) is 0 Å². The minimum absolute atomic E-state index is 0.0596. The molecule has 0 bridgehead atoms. The van der Waals surface area contributed by atoms with E-state index in [-0.39, 0.29) is 6.04 Å². The summed E-state index contributed by atoms with van der Waals surface area (Å²) < 4.78 is 35.5. The molecule has 80 valence electrons. The zero-order valence-electron chi connectivity index (χ0n) is 7.99. The van der Waals surface area contributed by atoms with Gasteiger partial charge in [0.05, 0.1) is 6.42 Å². The molecule has 0 saturated heterocycles. The van der Waals surface area contributed by atoms with Gasteiger partial charge in [0.2, 0.25) is 0 Å². The summed E-state index contributed by atoms with van der Waals surface area (Å²) in [4.78, 5) is 0. The van der Waals surface area contributed by atoms with Gasteiger partial charge in [0, 0.05) is 18.6 Å². The van der Waals surface area contributed by atoms with E-state index in [1.54, 1.807) is 0 Å². The van der Waals surface area contributed by atoms with Crippen LogP contribution in [0.5, 0.6) is 0 Å². The smallest absolute Gasteiger partial charge is 0.327 e. The number of rotatable bonds is 5. The Kier molecular flexibility index (Phi) is 5.32. The van der Waals surface area contributed by atoms with Crippen molar-refractivity contribution in [3.63, 3.8) is 0 Å². The van der Waals surface area contributed by atoms with Crippen molar-refractivity contribution in [3.05, 3.63) is 0 Å². The van der Waals surface area contributed by atoms with E-state index in [4.69, 9.17) is 5.73 Å². The van der Waals surface area contributed by atoms with E-state index in [2.05, 4.69) is 5.32 Å². The lowest BCUT2D eigenvalue weighted by atomic mass is 10.2. The monoisotopic (exact) mass is 198 g/mol. The van der Waals surface area contributed by atoms with E-state index in [0.717, 1.165) is 6.42 Å². The van der Waals surface area contributed by atoms with Crippen molar-refractivity contribution < 1.29 is 13.2 Å². The molecule has 0 fully saturated rings. The quantitative estimate of drug-likeness (QED) is 0.705. The Hall–Kier alpha value is -0.290. The van der Waals surface area contributed by atoms with Crippen LogP contribution in [-0.4, -0.2) is 24.8 Å². The molecule has 0 amide bonds. The number of hydrogen-bond donors (Lipinski definition) is 2. The zero-order valence-corrected chi connectivity index (χ0v) is 7.99. The molecule has 2 nitrogen and oxygen atoms in total. The van der Waals surface area contributed by atoms with Crippen molar-refractivity contribution in [2.75, 3.05) is 6.54 Å². The fourth-order valence-electron chi connectivity index (χ4n) is 0.916. The largest absolute Gasteiger partial charge is 0.390 e. The van der Waals surface area contributed by atoms with Crippen LogP contribution in [0.15, 0.2) is 0 Å². The summed E-state index contributed by atoms with van der Waals surface area (Å²) in [5.41, 5.74) is 5.54. The summed E-state index contributed by atoms with van der Waals surface area (Å²) >= 11 is 0. The van der Waals surface area contributed by atoms with E-state index < -0.39 is 18.6 Å². The highest BCUT2D eigenvalue weighted by Gasteiger charge is 2.29. The van der Waals surface area contributed by atoms with Crippen molar-refractivity contribution in [1.29, 1.82) is 0 Å². The predicted molar refractivity (Wildman–Crippen MR) is 46.4 cm³/mol. The fourth-order valence-corrected chi connectivity index (χ4v) is 0.916. The lowest BCUT2D eigenvalue weighted by Crippen LogP contribution is -2.39. The summed E-state index contributed by atoms with van der Waals surface area (Å²) in [6.07, 6.45) is -4.13. The highest BCUT2D eigenvalue weighted by molar-refractivity contribution is 4.69. The standard InChI is InChI=1S/C8H17F3N2/c1-3-7(12)5-13-6(2)4-8(9,10)11/h6-7,13H,3-5,12H2,1-2H3. The van der Waals surface area contributed by atoms with Crippen molar-refractivity contribution in [2.45, 2.75) is 44.9 Å².